The molecule has 0 bridgehead atoms. The van der Waals surface area contributed by atoms with E-state index >= 15 is 0 Å². The normalized spacial score (nSPS) is 25.0. The maximum absolute atomic E-state index is 13.2. The molecule has 0 saturated carbocycles. The molecule has 1 aromatic carbocycles. The summed E-state index contributed by atoms with van der Waals surface area (Å²) in [5, 5.41) is 1.11. The number of unbranched alkanes of at least 4 members (excludes halogenated alkanes) is 1. The molecular weight excluding hydrogens is 420 g/mol. The minimum atomic E-state index is -0.537. The van der Waals surface area contributed by atoms with Crippen LogP contribution in [0.3, 0.4) is 0 Å². The quantitative estimate of drug-likeness (QED) is 0.608. The molecule has 3 aliphatic heterocycles. The van der Waals surface area contributed by atoms with Crippen LogP contribution in [-0.4, -0.2) is 83.2 Å². The lowest BCUT2D eigenvalue weighted by atomic mass is 10.1. The van der Waals surface area contributed by atoms with Crippen LogP contribution in [0.4, 0.5) is 4.79 Å². The van der Waals surface area contributed by atoms with Gasteiger partial charge in [-0.1, -0.05) is 13.3 Å². The van der Waals surface area contributed by atoms with Gasteiger partial charge in [-0.2, -0.15) is 5.43 Å². The Bertz CT molecular complexity index is 881. The summed E-state index contributed by atoms with van der Waals surface area (Å²) in [5.74, 6) is 1.68. The van der Waals surface area contributed by atoms with Crippen molar-refractivity contribution >= 4 is 29.5 Å². The number of hydrogen-bond donors (Lipinski definition) is 1. The van der Waals surface area contributed by atoms with E-state index in [2.05, 4.69) is 12.3 Å². The number of nitrogens with zero attached hydrogens (tertiary/aromatic N) is 3. The maximum atomic E-state index is 13.2. The minimum absolute atomic E-state index is 0.0792. The van der Waals surface area contributed by atoms with Crippen LogP contribution in [-0.2, 0) is 4.79 Å². The molecule has 0 radical (unpaired) electrons. The number of fused-ring (bicyclic) bond motifs is 3. The van der Waals surface area contributed by atoms with E-state index in [1.54, 1.807) is 39.8 Å². The van der Waals surface area contributed by atoms with Gasteiger partial charge in [-0.25, -0.2) is 9.80 Å². The number of ketones is 1. The van der Waals surface area contributed by atoms with Crippen LogP contribution >= 0.6 is 11.8 Å². The molecule has 168 valence electrons. The van der Waals surface area contributed by atoms with Crippen molar-refractivity contribution in [2.24, 2.45) is 0 Å². The highest BCUT2D eigenvalue weighted by Crippen LogP contribution is 2.39. The third-order valence-corrected chi connectivity index (χ3v) is 7.33. The fourth-order valence-corrected chi connectivity index (χ4v) is 5.74. The standard InChI is InChI=1S/C21H28N4O5S/c1-4-5-9-23-19(27)18-14(8-10-31-18)25-20(23)22-24(21(25)28)12-15(26)13-6-7-16(29-2)17(11-13)30-3/h6-7,11,14,18,20,22H,4-5,8-10,12H2,1-3H3. The summed E-state index contributed by atoms with van der Waals surface area (Å²) in [7, 11) is 3.04. The molecule has 31 heavy (non-hydrogen) atoms. The SMILES string of the molecule is CCCCN1C(=O)C2SCCC2N2C(=O)N(CC(=O)c3ccc(OC)c(OC)c3)NC12. The van der Waals surface area contributed by atoms with Crippen LogP contribution in [0.15, 0.2) is 18.2 Å². The van der Waals surface area contributed by atoms with Crippen molar-refractivity contribution in [1.29, 1.82) is 0 Å². The summed E-state index contributed by atoms with van der Waals surface area (Å²) in [6, 6.07) is 4.53. The largest absolute Gasteiger partial charge is 0.493 e. The van der Waals surface area contributed by atoms with Gasteiger partial charge in [-0.05, 0) is 36.8 Å². The van der Waals surface area contributed by atoms with Gasteiger partial charge in [0.1, 0.15) is 11.8 Å². The van der Waals surface area contributed by atoms with Crippen LogP contribution in [0.5, 0.6) is 11.5 Å². The van der Waals surface area contributed by atoms with Crippen LogP contribution in [0.1, 0.15) is 36.5 Å². The first-order chi connectivity index (χ1) is 15.0. The number of ether oxygens (including phenoxy) is 2. The molecule has 1 N–H and O–H groups in total. The van der Waals surface area contributed by atoms with Crippen LogP contribution in [0.2, 0.25) is 0 Å². The molecule has 4 rings (SSSR count). The molecule has 10 heteroatoms. The monoisotopic (exact) mass is 448 g/mol. The highest BCUT2D eigenvalue weighted by atomic mass is 32.2. The van der Waals surface area contributed by atoms with E-state index in [9.17, 15) is 14.4 Å². The van der Waals surface area contributed by atoms with E-state index in [4.69, 9.17) is 9.47 Å². The van der Waals surface area contributed by atoms with E-state index < -0.39 is 6.29 Å². The highest BCUT2D eigenvalue weighted by molar-refractivity contribution is 8.00. The Hall–Kier alpha value is -2.46. The average Bonchev–Trinajstić information content (AvgIpc) is 3.38. The Morgan fingerprint density at radius 3 is 2.71 bits per heavy atom. The molecular formula is C21H28N4O5S. The molecule has 0 aromatic heterocycles. The van der Waals surface area contributed by atoms with Gasteiger partial charge in [0.05, 0.1) is 20.3 Å². The number of Topliss-reactive ketones (excluding diaryl/α,β-unsaturated/α-hetero) is 1. The number of thioether (sulfide) groups is 1. The second-order valence-electron chi connectivity index (χ2n) is 7.80. The summed E-state index contributed by atoms with van der Waals surface area (Å²) in [5.41, 5.74) is 3.55. The summed E-state index contributed by atoms with van der Waals surface area (Å²) < 4.78 is 10.5. The first-order valence-corrected chi connectivity index (χ1v) is 11.6. The Labute approximate surface area is 186 Å². The number of carbonyl (C=O) groups excluding carboxylic acids is 3. The molecule has 9 nitrogen and oxygen atoms in total. The molecule has 3 saturated heterocycles. The van der Waals surface area contributed by atoms with Gasteiger partial charge in [0.15, 0.2) is 23.6 Å². The van der Waals surface area contributed by atoms with Gasteiger partial charge < -0.3 is 14.4 Å². The predicted molar refractivity (Wildman–Crippen MR) is 116 cm³/mol. The smallest absolute Gasteiger partial charge is 0.337 e. The highest BCUT2D eigenvalue weighted by Gasteiger charge is 2.55. The zero-order valence-electron chi connectivity index (χ0n) is 18.0. The molecule has 3 atom stereocenters. The molecule has 3 unspecified atom stereocenters. The minimum Gasteiger partial charge on any atom is -0.493 e. The number of amides is 3. The van der Waals surface area contributed by atoms with E-state index in [0.29, 0.717) is 23.6 Å². The number of methoxy groups -OCH3 is 2. The Kier molecular flexibility index (Phi) is 6.29. The van der Waals surface area contributed by atoms with Gasteiger partial charge in [-0.3, -0.25) is 14.5 Å². The molecule has 0 aliphatic carbocycles. The van der Waals surface area contributed by atoms with Gasteiger partial charge in [-0.15, -0.1) is 11.8 Å². The number of hydrogen-bond acceptors (Lipinski definition) is 7. The van der Waals surface area contributed by atoms with E-state index in [-0.39, 0.29) is 35.6 Å². The number of benzene rings is 1. The van der Waals surface area contributed by atoms with Crippen molar-refractivity contribution in [2.45, 2.75) is 43.8 Å². The van der Waals surface area contributed by atoms with Gasteiger partial charge in [0, 0.05) is 12.1 Å². The third kappa shape index (κ3) is 3.82. The average molecular weight is 449 g/mol. The fraction of sp³-hybridized carbons (Fsp3) is 0.571. The Balaban J connectivity index is 1.54. The molecule has 3 heterocycles. The molecule has 3 amide bonds. The fourth-order valence-electron chi connectivity index (χ4n) is 4.35. The van der Waals surface area contributed by atoms with Crippen molar-refractivity contribution in [1.82, 2.24) is 20.2 Å². The Morgan fingerprint density at radius 2 is 2.00 bits per heavy atom. The number of nitrogens with one attached hydrogen (secondary N) is 1. The van der Waals surface area contributed by atoms with E-state index in [0.717, 1.165) is 25.0 Å². The van der Waals surface area contributed by atoms with E-state index in [1.165, 1.54) is 19.2 Å². The summed E-state index contributed by atoms with van der Waals surface area (Å²) in [4.78, 5) is 42.7. The molecule has 3 aliphatic rings. The summed E-state index contributed by atoms with van der Waals surface area (Å²) in [6.07, 6.45) is 2.06. The van der Waals surface area contributed by atoms with Gasteiger partial charge in [0.25, 0.3) is 0 Å². The van der Waals surface area contributed by atoms with Crippen molar-refractivity contribution in [2.75, 3.05) is 33.1 Å². The van der Waals surface area contributed by atoms with E-state index in [1.807, 2.05) is 0 Å². The van der Waals surface area contributed by atoms with Crippen molar-refractivity contribution in [3.8, 4) is 11.5 Å². The van der Waals surface area contributed by atoms with Gasteiger partial charge >= 0.3 is 6.03 Å². The van der Waals surface area contributed by atoms with Crippen LogP contribution < -0.4 is 14.9 Å². The second-order valence-corrected chi connectivity index (χ2v) is 9.05. The number of carbonyl (C=O) groups is 3. The number of hydrazine groups is 1. The van der Waals surface area contributed by atoms with Crippen LogP contribution in [0.25, 0.3) is 0 Å². The molecule has 3 fully saturated rings. The number of rotatable bonds is 8. The zero-order chi connectivity index (χ0) is 22.1. The molecule has 1 aromatic rings. The second kappa shape index (κ2) is 8.96. The molecule has 0 spiro atoms. The van der Waals surface area contributed by atoms with Crippen molar-refractivity contribution in [3.63, 3.8) is 0 Å². The van der Waals surface area contributed by atoms with Crippen LogP contribution in [0, 0.1) is 0 Å². The first-order valence-electron chi connectivity index (χ1n) is 10.5. The summed E-state index contributed by atoms with van der Waals surface area (Å²) in [6.45, 7) is 2.51. The number of urea groups is 1. The Morgan fingerprint density at radius 1 is 1.23 bits per heavy atom. The first kappa shape index (κ1) is 21.8. The lowest BCUT2D eigenvalue weighted by Gasteiger charge is -2.44. The lowest BCUT2D eigenvalue weighted by molar-refractivity contribution is -0.144. The van der Waals surface area contributed by atoms with Crippen molar-refractivity contribution < 1.29 is 23.9 Å². The van der Waals surface area contributed by atoms with Crippen molar-refractivity contribution in [3.05, 3.63) is 23.8 Å². The topological polar surface area (TPSA) is 91.4 Å². The van der Waals surface area contributed by atoms with Gasteiger partial charge in [0.2, 0.25) is 5.91 Å². The lowest BCUT2D eigenvalue weighted by Crippen LogP contribution is -2.66. The third-order valence-electron chi connectivity index (χ3n) is 5.99. The summed E-state index contributed by atoms with van der Waals surface area (Å²) >= 11 is 1.62. The maximum Gasteiger partial charge on any atom is 0.337 e. The zero-order valence-corrected chi connectivity index (χ0v) is 18.8. The predicted octanol–water partition coefficient (Wildman–Crippen LogP) is 1.93.